The van der Waals surface area contributed by atoms with E-state index in [2.05, 4.69) is 20.8 Å². The fraction of sp³-hybridized carbons (Fsp3) is 0.105. The SMILES string of the molecule is N[C@H](Cc1ccc(O)cc1)C(=O)Nc1cc2c3c(c[nH]c3c1)C=NNC2=O. The van der Waals surface area contributed by atoms with Crippen molar-refractivity contribution in [2.75, 3.05) is 5.32 Å². The maximum Gasteiger partial charge on any atom is 0.272 e. The van der Waals surface area contributed by atoms with Gasteiger partial charge in [-0.05, 0) is 36.2 Å². The number of phenols is 1. The zero-order valence-electron chi connectivity index (χ0n) is 14.2. The number of aromatic amines is 1. The molecule has 27 heavy (non-hydrogen) atoms. The van der Waals surface area contributed by atoms with Crippen LogP contribution in [0.2, 0.25) is 0 Å². The molecule has 1 atom stereocenters. The molecule has 8 nitrogen and oxygen atoms in total. The number of phenolic OH excluding ortho intramolecular Hbond substituents is 1. The van der Waals surface area contributed by atoms with E-state index in [-0.39, 0.29) is 17.6 Å². The maximum absolute atomic E-state index is 12.5. The first kappa shape index (κ1) is 16.8. The standard InChI is InChI=1S/C19H17N5O3/c20-15(5-10-1-3-13(25)4-2-10)19(27)23-12-6-14-17-11(8-21-16(17)7-12)9-22-24-18(14)26/h1-4,6-9,15,21,25H,5,20H2,(H,23,27)(H,24,26)/t15-/m1/s1. The molecule has 0 radical (unpaired) electrons. The molecule has 8 heteroatoms. The van der Waals surface area contributed by atoms with Gasteiger partial charge in [0, 0.05) is 28.4 Å². The predicted molar refractivity (Wildman–Crippen MR) is 102 cm³/mol. The fourth-order valence-corrected chi connectivity index (χ4v) is 3.08. The van der Waals surface area contributed by atoms with E-state index in [9.17, 15) is 14.7 Å². The Morgan fingerprint density at radius 3 is 2.81 bits per heavy atom. The summed E-state index contributed by atoms with van der Waals surface area (Å²) in [5.41, 5.74) is 11.7. The summed E-state index contributed by atoms with van der Waals surface area (Å²) in [6.45, 7) is 0. The molecule has 2 aromatic carbocycles. The van der Waals surface area contributed by atoms with Gasteiger partial charge in [0.15, 0.2) is 0 Å². The Labute approximate surface area is 154 Å². The highest BCUT2D eigenvalue weighted by atomic mass is 16.3. The summed E-state index contributed by atoms with van der Waals surface area (Å²) in [6, 6.07) is 9.10. The molecule has 6 N–H and O–H groups in total. The number of nitrogens with one attached hydrogen (secondary N) is 3. The van der Waals surface area contributed by atoms with E-state index < -0.39 is 6.04 Å². The van der Waals surface area contributed by atoms with Gasteiger partial charge in [0.05, 0.1) is 17.8 Å². The highest BCUT2D eigenvalue weighted by Gasteiger charge is 2.20. The van der Waals surface area contributed by atoms with Crippen LogP contribution in [0.25, 0.3) is 10.9 Å². The fourth-order valence-electron chi connectivity index (χ4n) is 3.08. The molecule has 4 rings (SSSR count). The molecule has 2 amide bonds. The van der Waals surface area contributed by atoms with Gasteiger partial charge in [0.1, 0.15) is 5.75 Å². The first-order chi connectivity index (χ1) is 13.0. The Balaban J connectivity index is 1.56. The van der Waals surface area contributed by atoms with Crippen molar-refractivity contribution in [1.29, 1.82) is 0 Å². The lowest BCUT2D eigenvalue weighted by atomic mass is 10.0. The average Bonchev–Trinajstić information content (AvgIpc) is 2.98. The van der Waals surface area contributed by atoms with Crippen LogP contribution in [0.4, 0.5) is 5.69 Å². The third-order valence-electron chi connectivity index (χ3n) is 4.42. The summed E-state index contributed by atoms with van der Waals surface area (Å²) in [5, 5.41) is 16.7. The summed E-state index contributed by atoms with van der Waals surface area (Å²) >= 11 is 0. The highest BCUT2D eigenvalue weighted by molar-refractivity contribution is 6.15. The number of carbonyl (C=O) groups is 2. The summed E-state index contributed by atoms with van der Waals surface area (Å²) in [7, 11) is 0. The number of nitrogens with two attached hydrogens (primary N) is 1. The number of hydrogen-bond acceptors (Lipinski definition) is 5. The minimum absolute atomic E-state index is 0.155. The van der Waals surface area contributed by atoms with Crippen molar-refractivity contribution >= 4 is 34.6 Å². The molecule has 1 aliphatic rings. The minimum atomic E-state index is -0.777. The first-order valence-corrected chi connectivity index (χ1v) is 8.34. The lowest BCUT2D eigenvalue weighted by Gasteiger charge is -2.13. The monoisotopic (exact) mass is 363 g/mol. The molecular formula is C19H17N5O3. The van der Waals surface area contributed by atoms with Crippen LogP contribution >= 0.6 is 0 Å². The molecule has 136 valence electrons. The van der Waals surface area contributed by atoms with Crippen LogP contribution < -0.4 is 16.5 Å². The van der Waals surface area contributed by atoms with Crippen LogP contribution in [0.3, 0.4) is 0 Å². The number of H-pyrrole nitrogens is 1. The van der Waals surface area contributed by atoms with Crippen molar-refractivity contribution in [2.45, 2.75) is 12.5 Å². The van der Waals surface area contributed by atoms with Crippen LogP contribution in [0, 0.1) is 0 Å². The second kappa shape index (κ2) is 6.58. The van der Waals surface area contributed by atoms with Crippen molar-refractivity contribution in [3.63, 3.8) is 0 Å². The summed E-state index contributed by atoms with van der Waals surface area (Å²) < 4.78 is 0. The number of hydrazone groups is 1. The molecule has 0 saturated carbocycles. The molecule has 0 saturated heterocycles. The van der Waals surface area contributed by atoms with E-state index in [0.717, 1.165) is 16.5 Å². The number of aromatic hydroxyl groups is 1. The molecular weight excluding hydrogens is 346 g/mol. The van der Waals surface area contributed by atoms with Crippen molar-refractivity contribution < 1.29 is 14.7 Å². The first-order valence-electron chi connectivity index (χ1n) is 8.34. The van der Waals surface area contributed by atoms with E-state index in [4.69, 9.17) is 5.73 Å². The van der Waals surface area contributed by atoms with Gasteiger partial charge in [-0.25, -0.2) is 5.43 Å². The molecule has 0 bridgehead atoms. The van der Waals surface area contributed by atoms with Crippen LogP contribution in [0.15, 0.2) is 47.7 Å². The lowest BCUT2D eigenvalue weighted by Crippen LogP contribution is -2.37. The zero-order chi connectivity index (χ0) is 19.0. The Morgan fingerprint density at radius 1 is 1.26 bits per heavy atom. The van der Waals surface area contributed by atoms with E-state index in [1.165, 1.54) is 0 Å². The smallest absolute Gasteiger partial charge is 0.272 e. The van der Waals surface area contributed by atoms with Crippen LogP contribution in [0.1, 0.15) is 21.5 Å². The van der Waals surface area contributed by atoms with E-state index >= 15 is 0 Å². The van der Waals surface area contributed by atoms with Crippen molar-refractivity contribution in [3.8, 4) is 5.75 Å². The molecule has 0 aliphatic carbocycles. The number of carbonyl (C=O) groups excluding carboxylic acids is 2. The Hall–Kier alpha value is -3.65. The molecule has 3 aromatic rings. The number of anilines is 1. The third-order valence-corrected chi connectivity index (χ3v) is 4.42. The summed E-state index contributed by atoms with van der Waals surface area (Å²) in [4.78, 5) is 27.8. The topological polar surface area (TPSA) is 133 Å². The molecule has 1 aromatic heterocycles. The number of rotatable bonds is 4. The van der Waals surface area contributed by atoms with E-state index in [1.807, 2.05) is 0 Å². The van der Waals surface area contributed by atoms with E-state index in [1.54, 1.807) is 48.8 Å². The van der Waals surface area contributed by atoms with Crippen molar-refractivity contribution in [1.82, 2.24) is 10.4 Å². The van der Waals surface area contributed by atoms with Crippen LogP contribution in [-0.2, 0) is 11.2 Å². The van der Waals surface area contributed by atoms with Crippen molar-refractivity contribution in [3.05, 3.63) is 59.3 Å². The molecule has 0 fully saturated rings. The molecule has 1 aliphatic heterocycles. The average molecular weight is 363 g/mol. The van der Waals surface area contributed by atoms with Crippen LogP contribution in [-0.4, -0.2) is 34.2 Å². The second-order valence-electron chi connectivity index (χ2n) is 6.36. The normalized spacial score (nSPS) is 13.9. The Kier molecular flexibility index (Phi) is 4.09. The number of hydrogen-bond donors (Lipinski definition) is 5. The molecule has 0 spiro atoms. The Morgan fingerprint density at radius 2 is 2.04 bits per heavy atom. The van der Waals surface area contributed by atoms with E-state index in [0.29, 0.717) is 23.2 Å². The zero-order valence-corrected chi connectivity index (χ0v) is 14.2. The second-order valence-corrected chi connectivity index (χ2v) is 6.36. The minimum Gasteiger partial charge on any atom is -0.508 e. The predicted octanol–water partition coefficient (Wildman–Crippen LogP) is 1.46. The number of nitrogens with zero attached hydrogens (tertiary/aromatic N) is 1. The summed E-state index contributed by atoms with van der Waals surface area (Å²) in [5.74, 6) is -0.562. The van der Waals surface area contributed by atoms with Crippen LogP contribution in [0.5, 0.6) is 5.75 Å². The van der Waals surface area contributed by atoms with Gasteiger partial charge in [-0.3, -0.25) is 9.59 Å². The molecule has 0 unspecified atom stereocenters. The van der Waals surface area contributed by atoms with Gasteiger partial charge in [-0.1, -0.05) is 12.1 Å². The van der Waals surface area contributed by atoms with Gasteiger partial charge >= 0.3 is 0 Å². The highest BCUT2D eigenvalue weighted by Crippen LogP contribution is 2.27. The van der Waals surface area contributed by atoms with Gasteiger partial charge in [-0.15, -0.1) is 0 Å². The van der Waals surface area contributed by atoms with Gasteiger partial charge < -0.3 is 21.1 Å². The molecule has 2 heterocycles. The van der Waals surface area contributed by atoms with Gasteiger partial charge in [-0.2, -0.15) is 5.10 Å². The largest absolute Gasteiger partial charge is 0.508 e. The number of amides is 2. The quantitative estimate of drug-likeness (QED) is 0.480. The van der Waals surface area contributed by atoms with Crippen molar-refractivity contribution in [2.24, 2.45) is 10.8 Å². The Bertz CT molecular complexity index is 1070. The maximum atomic E-state index is 12.5. The lowest BCUT2D eigenvalue weighted by molar-refractivity contribution is -0.117. The van der Waals surface area contributed by atoms with Gasteiger partial charge in [0.2, 0.25) is 5.91 Å². The number of aromatic nitrogens is 1. The third kappa shape index (κ3) is 3.25. The van der Waals surface area contributed by atoms with Gasteiger partial charge in [0.25, 0.3) is 5.91 Å². The summed E-state index contributed by atoms with van der Waals surface area (Å²) in [6.07, 6.45) is 3.64. The number of benzene rings is 2.